The van der Waals surface area contributed by atoms with Crippen LogP contribution in [0.1, 0.15) is 42.5 Å². The van der Waals surface area contributed by atoms with Crippen LogP contribution in [0.25, 0.3) is 0 Å². The van der Waals surface area contributed by atoms with E-state index in [2.05, 4.69) is 22.3 Å². The average molecular weight is 414 g/mol. The van der Waals surface area contributed by atoms with Crippen molar-refractivity contribution < 1.29 is 13.2 Å². The predicted octanol–water partition coefficient (Wildman–Crippen LogP) is 3.86. The van der Waals surface area contributed by atoms with Gasteiger partial charge in [-0.15, -0.1) is 0 Å². The van der Waals surface area contributed by atoms with Crippen molar-refractivity contribution in [1.29, 1.82) is 0 Å². The number of nitrogens with zero attached hydrogens (tertiary/aromatic N) is 2. The first kappa shape index (κ1) is 19.8. The number of hydrogen-bond acceptors (Lipinski definition) is 4. The van der Waals surface area contributed by atoms with E-state index >= 15 is 0 Å². The van der Waals surface area contributed by atoms with Crippen LogP contribution in [0.15, 0.2) is 48.5 Å². The van der Waals surface area contributed by atoms with Gasteiger partial charge in [-0.3, -0.25) is 9.10 Å². The molecule has 0 aromatic heterocycles. The average Bonchev–Trinajstić information content (AvgIpc) is 2.92. The van der Waals surface area contributed by atoms with Gasteiger partial charge in [0.15, 0.2) is 0 Å². The smallest absolute Gasteiger partial charge is 0.255 e. The van der Waals surface area contributed by atoms with Gasteiger partial charge in [-0.1, -0.05) is 12.8 Å². The predicted molar refractivity (Wildman–Crippen MR) is 117 cm³/mol. The molecule has 4 rings (SSSR count). The van der Waals surface area contributed by atoms with E-state index in [1.807, 2.05) is 12.1 Å². The van der Waals surface area contributed by atoms with Crippen LogP contribution in [-0.2, 0) is 10.0 Å². The van der Waals surface area contributed by atoms with Crippen molar-refractivity contribution in [3.8, 4) is 0 Å². The molecule has 29 heavy (non-hydrogen) atoms. The molecule has 2 aliphatic rings. The Kier molecular flexibility index (Phi) is 5.76. The van der Waals surface area contributed by atoms with E-state index in [0.29, 0.717) is 24.2 Å². The fraction of sp³-hybridized carbons (Fsp3) is 0.409. The SMILES string of the molecule is O=C(Nc1ccc(N2CCCCCC2)cc1)c1ccc(N2CCCS2(=O)=O)cc1. The Balaban J connectivity index is 1.40. The summed E-state index contributed by atoms with van der Waals surface area (Å²) in [6.45, 7) is 2.67. The molecule has 1 amide bonds. The number of rotatable bonds is 4. The van der Waals surface area contributed by atoms with Gasteiger partial charge in [-0.25, -0.2) is 8.42 Å². The molecule has 6 nitrogen and oxygen atoms in total. The van der Waals surface area contributed by atoms with Crippen LogP contribution in [0.2, 0.25) is 0 Å². The number of carbonyl (C=O) groups excluding carboxylic acids is 1. The number of nitrogens with one attached hydrogen (secondary N) is 1. The zero-order valence-electron chi connectivity index (χ0n) is 16.5. The molecule has 2 saturated heterocycles. The lowest BCUT2D eigenvalue weighted by Crippen LogP contribution is -2.25. The molecule has 2 fully saturated rings. The molecule has 2 heterocycles. The van der Waals surface area contributed by atoms with Gasteiger partial charge in [-0.2, -0.15) is 0 Å². The lowest BCUT2D eigenvalue weighted by atomic mass is 10.2. The molecule has 0 radical (unpaired) electrons. The van der Waals surface area contributed by atoms with Crippen molar-refractivity contribution in [1.82, 2.24) is 0 Å². The summed E-state index contributed by atoms with van der Waals surface area (Å²) in [4.78, 5) is 15.0. The normalized spacial score (nSPS) is 19.0. The van der Waals surface area contributed by atoms with Crippen molar-refractivity contribution in [3.05, 3.63) is 54.1 Å². The Morgan fingerprint density at radius 1 is 0.759 bits per heavy atom. The van der Waals surface area contributed by atoms with E-state index in [-0.39, 0.29) is 11.7 Å². The van der Waals surface area contributed by atoms with Gasteiger partial charge in [0.2, 0.25) is 10.0 Å². The minimum absolute atomic E-state index is 0.183. The van der Waals surface area contributed by atoms with Gasteiger partial charge < -0.3 is 10.2 Å². The van der Waals surface area contributed by atoms with E-state index in [9.17, 15) is 13.2 Å². The Morgan fingerprint density at radius 2 is 1.38 bits per heavy atom. The summed E-state index contributed by atoms with van der Waals surface area (Å²) in [7, 11) is -3.21. The van der Waals surface area contributed by atoms with Crippen LogP contribution in [0.5, 0.6) is 0 Å². The topological polar surface area (TPSA) is 69.7 Å². The third kappa shape index (κ3) is 4.56. The second kappa shape index (κ2) is 8.45. The molecule has 2 aromatic carbocycles. The summed E-state index contributed by atoms with van der Waals surface area (Å²) in [5.41, 5.74) is 3.06. The zero-order valence-corrected chi connectivity index (χ0v) is 17.3. The molecule has 1 N–H and O–H groups in total. The van der Waals surface area contributed by atoms with Crippen LogP contribution in [0, 0.1) is 0 Å². The summed E-state index contributed by atoms with van der Waals surface area (Å²) in [6, 6.07) is 14.7. The molecular weight excluding hydrogens is 386 g/mol. The highest BCUT2D eigenvalue weighted by atomic mass is 32.2. The van der Waals surface area contributed by atoms with Gasteiger partial charge in [0.05, 0.1) is 11.4 Å². The third-order valence-electron chi connectivity index (χ3n) is 5.61. The van der Waals surface area contributed by atoms with Gasteiger partial charge >= 0.3 is 0 Å². The van der Waals surface area contributed by atoms with Crippen molar-refractivity contribution in [2.45, 2.75) is 32.1 Å². The quantitative estimate of drug-likeness (QED) is 0.826. The fourth-order valence-corrected chi connectivity index (χ4v) is 5.56. The van der Waals surface area contributed by atoms with Crippen LogP contribution in [0.4, 0.5) is 17.1 Å². The minimum atomic E-state index is -3.21. The maximum Gasteiger partial charge on any atom is 0.255 e. The summed E-state index contributed by atoms with van der Waals surface area (Å²) >= 11 is 0. The molecule has 0 atom stereocenters. The first-order chi connectivity index (χ1) is 14.0. The van der Waals surface area contributed by atoms with Crippen molar-refractivity contribution >= 4 is 33.0 Å². The number of benzene rings is 2. The minimum Gasteiger partial charge on any atom is -0.372 e. The fourth-order valence-electron chi connectivity index (χ4n) is 4.00. The molecule has 7 heteroatoms. The molecule has 154 valence electrons. The van der Waals surface area contributed by atoms with Crippen LogP contribution in [0.3, 0.4) is 0 Å². The van der Waals surface area contributed by atoms with Crippen LogP contribution >= 0.6 is 0 Å². The van der Waals surface area contributed by atoms with E-state index in [1.54, 1.807) is 24.3 Å². The molecule has 0 spiro atoms. The lowest BCUT2D eigenvalue weighted by Gasteiger charge is -2.22. The summed E-state index contributed by atoms with van der Waals surface area (Å²) < 4.78 is 25.5. The van der Waals surface area contributed by atoms with E-state index < -0.39 is 10.0 Å². The molecule has 2 aliphatic heterocycles. The summed E-state index contributed by atoms with van der Waals surface area (Å²) in [5.74, 6) is -0.0220. The van der Waals surface area contributed by atoms with E-state index in [1.165, 1.54) is 35.7 Å². The Labute approximate surface area is 172 Å². The molecule has 2 aromatic rings. The number of carbonyl (C=O) groups is 1. The van der Waals surface area contributed by atoms with Crippen molar-refractivity contribution in [3.63, 3.8) is 0 Å². The van der Waals surface area contributed by atoms with E-state index in [0.717, 1.165) is 18.8 Å². The molecule has 0 aliphatic carbocycles. The van der Waals surface area contributed by atoms with Crippen molar-refractivity contribution in [2.75, 3.05) is 39.9 Å². The maximum absolute atomic E-state index is 12.6. The Bertz CT molecular complexity index is 948. The number of sulfonamides is 1. The van der Waals surface area contributed by atoms with Crippen LogP contribution in [-0.4, -0.2) is 39.7 Å². The zero-order chi connectivity index (χ0) is 20.3. The number of amides is 1. The van der Waals surface area contributed by atoms with Crippen LogP contribution < -0.4 is 14.5 Å². The third-order valence-corrected chi connectivity index (χ3v) is 7.48. The molecular formula is C22H27N3O3S. The van der Waals surface area contributed by atoms with E-state index in [4.69, 9.17) is 0 Å². The molecule has 0 bridgehead atoms. The number of hydrogen-bond donors (Lipinski definition) is 1. The lowest BCUT2D eigenvalue weighted by molar-refractivity contribution is 0.102. The number of anilines is 3. The first-order valence-corrected chi connectivity index (χ1v) is 11.9. The monoisotopic (exact) mass is 413 g/mol. The second-order valence-corrected chi connectivity index (χ2v) is 9.70. The van der Waals surface area contributed by atoms with Crippen molar-refractivity contribution in [2.24, 2.45) is 0 Å². The standard InChI is InChI=1S/C22H27N3O3S/c26-22(18-6-10-21(11-7-18)25-16-5-17-29(25,27)28)23-19-8-12-20(13-9-19)24-14-3-1-2-4-15-24/h6-13H,1-5,14-17H2,(H,23,26). The highest BCUT2D eigenvalue weighted by Crippen LogP contribution is 2.25. The Hall–Kier alpha value is -2.54. The van der Waals surface area contributed by atoms with Gasteiger partial charge in [0.25, 0.3) is 5.91 Å². The summed E-state index contributed by atoms with van der Waals surface area (Å²) in [5, 5.41) is 2.92. The summed E-state index contributed by atoms with van der Waals surface area (Å²) in [6.07, 6.45) is 5.69. The highest BCUT2D eigenvalue weighted by molar-refractivity contribution is 7.93. The van der Waals surface area contributed by atoms with Gasteiger partial charge in [-0.05, 0) is 67.8 Å². The van der Waals surface area contributed by atoms with Gasteiger partial charge in [0.1, 0.15) is 0 Å². The second-order valence-electron chi connectivity index (χ2n) is 7.69. The molecule has 0 saturated carbocycles. The molecule has 0 unspecified atom stereocenters. The largest absolute Gasteiger partial charge is 0.372 e. The first-order valence-electron chi connectivity index (χ1n) is 10.3. The van der Waals surface area contributed by atoms with Gasteiger partial charge in [0, 0.05) is 36.6 Å². The maximum atomic E-state index is 12.6. The Morgan fingerprint density at radius 3 is 1.97 bits per heavy atom. The highest BCUT2D eigenvalue weighted by Gasteiger charge is 2.28.